The van der Waals surface area contributed by atoms with Crippen molar-refractivity contribution in [1.82, 2.24) is 9.80 Å². The van der Waals surface area contributed by atoms with Crippen LogP contribution >= 0.6 is 0 Å². The molecule has 1 atom stereocenters. The van der Waals surface area contributed by atoms with E-state index in [1.807, 2.05) is 0 Å². The van der Waals surface area contributed by atoms with E-state index < -0.39 is 0 Å². The second-order valence-corrected chi connectivity index (χ2v) is 8.64. The molecule has 24 heavy (non-hydrogen) atoms. The van der Waals surface area contributed by atoms with Crippen molar-refractivity contribution >= 4 is 0 Å². The summed E-state index contributed by atoms with van der Waals surface area (Å²) >= 11 is 0. The van der Waals surface area contributed by atoms with Gasteiger partial charge in [0.05, 0.1) is 0 Å². The van der Waals surface area contributed by atoms with Gasteiger partial charge in [0.2, 0.25) is 0 Å². The zero-order valence-corrected chi connectivity index (χ0v) is 17.4. The first-order chi connectivity index (χ1) is 11.6. The number of hydrogen-bond donors (Lipinski definition) is 0. The normalized spacial score (nSPS) is 21.9. The van der Waals surface area contributed by atoms with Crippen molar-refractivity contribution in [2.45, 2.75) is 91.9 Å². The average molecular weight is 339 g/mol. The Bertz CT molecular complexity index is 263. The summed E-state index contributed by atoms with van der Waals surface area (Å²) in [5, 5.41) is 0. The molecule has 2 heteroatoms. The number of likely N-dealkylation sites (tertiary alicyclic amines) is 2. The molecule has 2 aliphatic heterocycles. The standard InChI is InChI=1S/2C11H23N/c1-11(2)7-10-12-8-5-3-4-6-9-12;1-3-11(2)7-10-12-8-5-4-6-9-12/h2*11H,3-10H2,1-2H3. The first-order valence-electron chi connectivity index (χ1n) is 11.1. The minimum atomic E-state index is 0.869. The van der Waals surface area contributed by atoms with Gasteiger partial charge in [-0.3, -0.25) is 0 Å². The highest BCUT2D eigenvalue weighted by Gasteiger charge is 2.10. The highest BCUT2D eigenvalue weighted by atomic mass is 15.1. The first-order valence-corrected chi connectivity index (χ1v) is 11.1. The highest BCUT2D eigenvalue weighted by Crippen LogP contribution is 2.13. The smallest absolute Gasteiger partial charge is 0.00162 e. The van der Waals surface area contributed by atoms with E-state index in [0.29, 0.717) is 0 Å². The van der Waals surface area contributed by atoms with E-state index in [2.05, 4.69) is 37.5 Å². The predicted octanol–water partition coefficient (Wildman–Crippen LogP) is 5.82. The molecular weight excluding hydrogens is 292 g/mol. The van der Waals surface area contributed by atoms with Crippen LogP contribution in [0.1, 0.15) is 91.9 Å². The van der Waals surface area contributed by atoms with Crippen LogP contribution in [-0.4, -0.2) is 49.1 Å². The summed E-state index contributed by atoms with van der Waals surface area (Å²) in [6, 6.07) is 0. The van der Waals surface area contributed by atoms with Crippen molar-refractivity contribution in [3.05, 3.63) is 0 Å². The van der Waals surface area contributed by atoms with E-state index in [4.69, 9.17) is 0 Å². The molecule has 0 saturated carbocycles. The lowest BCUT2D eigenvalue weighted by Crippen LogP contribution is -2.31. The molecule has 0 bridgehead atoms. The van der Waals surface area contributed by atoms with E-state index in [1.165, 1.54) is 103 Å². The molecule has 2 nitrogen and oxygen atoms in total. The summed E-state index contributed by atoms with van der Waals surface area (Å²) < 4.78 is 0. The Morgan fingerprint density at radius 1 is 0.625 bits per heavy atom. The average Bonchev–Trinajstić information content (AvgIpc) is 2.88. The van der Waals surface area contributed by atoms with Gasteiger partial charge in [0.1, 0.15) is 0 Å². The molecule has 0 amide bonds. The second kappa shape index (κ2) is 14.1. The highest BCUT2D eigenvalue weighted by molar-refractivity contribution is 4.65. The lowest BCUT2D eigenvalue weighted by atomic mass is 10.0. The maximum absolute atomic E-state index is 2.65. The fraction of sp³-hybridized carbons (Fsp3) is 1.00. The molecule has 0 spiro atoms. The van der Waals surface area contributed by atoms with Gasteiger partial charge in [0.15, 0.2) is 0 Å². The summed E-state index contributed by atoms with van der Waals surface area (Å²) in [6.07, 6.45) is 14.2. The topological polar surface area (TPSA) is 6.48 Å². The van der Waals surface area contributed by atoms with E-state index in [9.17, 15) is 0 Å². The summed E-state index contributed by atoms with van der Waals surface area (Å²) in [7, 11) is 0. The summed E-state index contributed by atoms with van der Waals surface area (Å²) in [5.74, 6) is 1.79. The van der Waals surface area contributed by atoms with Crippen molar-refractivity contribution < 1.29 is 0 Å². The molecule has 144 valence electrons. The minimum Gasteiger partial charge on any atom is -0.303 e. The van der Waals surface area contributed by atoms with Crippen LogP contribution in [0.15, 0.2) is 0 Å². The van der Waals surface area contributed by atoms with Gasteiger partial charge in [-0.15, -0.1) is 0 Å². The fourth-order valence-corrected chi connectivity index (χ4v) is 3.59. The number of rotatable bonds is 7. The summed E-state index contributed by atoms with van der Waals surface area (Å²) in [5.41, 5.74) is 0. The van der Waals surface area contributed by atoms with Crippen molar-refractivity contribution in [3.8, 4) is 0 Å². The fourth-order valence-electron chi connectivity index (χ4n) is 3.59. The second-order valence-electron chi connectivity index (χ2n) is 8.64. The van der Waals surface area contributed by atoms with Gasteiger partial charge in [-0.2, -0.15) is 0 Å². The molecule has 2 aliphatic rings. The van der Waals surface area contributed by atoms with Crippen LogP contribution in [0.25, 0.3) is 0 Å². The maximum atomic E-state index is 2.65. The van der Waals surface area contributed by atoms with Crippen LogP contribution in [0.4, 0.5) is 0 Å². The molecule has 1 unspecified atom stereocenters. The Balaban J connectivity index is 0.000000240. The molecule has 0 aromatic heterocycles. The maximum Gasteiger partial charge on any atom is -0.00162 e. The largest absolute Gasteiger partial charge is 0.303 e. The molecular formula is C22H46N2. The monoisotopic (exact) mass is 338 g/mol. The third kappa shape index (κ3) is 11.5. The van der Waals surface area contributed by atoms with Gasteiger partial charge in [-0.25, -0.2) is 0 Å². The minimum absolute atomic E-state index is 0.869. The van der Waals surface area contributed by atoms with Crippen LogP contribution in [0.5, 0.6) is 0 Å². The van der Waals surface area contributed by atoms with Crippen LogP contribution in [0.3, 0.4) is 0 Å². The SMILES string of the molecule is CC(C)CCN1CCCCCC1.CCC(C)CCN1CCCCC1. The molecule has 0 aliphatic carbocycles. The molecule has 0 radical (unpaired) electrons. The third-order valence-electron chi connectivity index (χ3n) is 5.81. The van der Waals surface area contributed by atoms with Gasteiger partial charge >= 0.3 is 0 Å². The zero-order valence-electron chi connectivity index (χ0n) is 17.4. The third-order valence-corrected chi connectivity index (χ3v) is 5.81. The Labute approximate surface area is 153 Å². The number of hydrogen-bond acceptors (Lipinski definition) is 2. The van der Waals surface area contributed by atoms with Crippen LogP contribution < -0.4 is 0 Å². The van der Waals surface area contributed by atoms with E-state index >= 15 is 0 Å². The van der Waals surface area contributed by atoms with E-state index in [-0.39, 0.29) is 0 Å². The zero-order chi connectivity index (χ0) is 17.6. The first kappa shape index (κ1) is 22.0. The van der Waals surface area contributed by atoms with Crippen LogP contribution in [0, 0.1) is 11.8 Å². The van der Waals surface area contributed by atoms with Gasteiger partial charge < -0.3 is 9.80 Å². The van der Waals surface area contributed by atoms with Crippen LogP contribution in [-0.2, 0) is 0 Å². The van der Waals surface area contributed by atoms with Gasteiger partial charge in [0, 0.05) is 0 Å². The van der Waals surface area contributed by atoms with Crippen molar-refractivity contribution in [3.63, 3.8) is 0 Å². The molecule has 0 aromatic carbocycles. The quantitative estimate of drug-likeness (QED) is 0.577. The van der Waals surface area contributed by atoms with Crippen molar-refractivity contribution in [2.24, 2.45) is 11.8 Å². The predicted molar refractivity (Wildman–Crippen MR) is 109 cm³/mol. The molecule has 2 rings (SSSR count). The molecule has 2 heterocycles. The van der Waals surface area contributed by atoms with Crippen molar-refractivity contribution in [2.75, 3.05) is 39.3 Å². The lowest BCUT2D eigenvalue weighted by Gasteiger charge is -2.27. The molecule has 2 saturated heterocycles. The Hall–Kier alpha value is -0.0800. The molecule has 2 fully saturated rings. The Morgan fingerprint density at radius 2 is 1.04 bits per heavy atom. The summed E-state index contributed by atoms with van der Waals surface area (Å²) in [4.78, 5) is 5.28. The molecule has 0 aromatic rings. The molecule has 0 N–H and O–H groups in total. The van der Waals surface area contributed by atoms with E-state index in [1.54, 1.807) is 0 Å². The van der Waals surface area contributed by atoms with Gasteiger partial charge in [0.25, 0.3) is 0 Å². The van der Waals surface area contributed by atoms with Gasteiger partial charge in [-0.1, -0.05) is 53.4 Å². The van der Waals surface area contributed by atoms with Crippen LogP contribution in [0.2, 0.25) is 0 Å². The van der Waals surface area contributed by atoms with Gasteiger partial charge in [-0.05, 0) is 89.6 Å². The number of piperidine rings is 1. The Morgan fingerprint density at radius 3 is 1.46 bits per heavy atom. The van der Waals surface area contributed by atoms with E-state index in [0.717, 1.165) is 11.8 Å². The lowest BCUT2D eigenvalue weighted by molar-refractivity contribution is 0.214. The van der Waals surface area contributed by atoms with Crippen molar-refractivity contribution in [1.29, 1.82) is 0 Å². The Kier molecular flexibility index (Phi) is 12.9. The summed E-state index contributed by atoms with van der Waals surface area (Å²) in [6.45, 7) is 17.4. The number of nitrogens with zero attached hydrogens (tertiary/aromatic N) is 2.